The predicted octanol–water partition coefficient (Wildman–Crippen LogP) is 3.88. The Morgan fingerprint density at radius 3 is 2.87 bits per heavy atom. The highest BCUT2D eigenvalue weighted by molar-refractivity contribution is 6.31. The third kappa shape index (κ3) is 3.08. The van der Waals surface area contributed by atoms with Gasteiger partial charge in [0.25, 0.3) is 0 Å². The van der Waals surface area contributed by atoms with Gasteiger partial charge < -0.3 is 5.32 Å². The second-order valence-electron chi connectivity index (χ2n) is 3.66. The predicted molar refractivity (Wildman–Crippen MR) is 67.4 cm³/mol. The van der Waals surface area contributed by atoms with Crippen molar-refractivity contribution < 1.29 is 0 Å². The molecule has 1 aromatic carbocycles. The van der Waals surface area contributed by atoms with Gasteiger partial charge in [-0.25, -0.2) is 0 Å². The Balaban J connectivity index is 2.90. The smallest absolute Gasteiger partial charge is 0.0438 e. The lowest BCUT2D eigenvalue weighted by Crippen LogP contribution is -2.17. The highest BCUT2D eigenvalue weighted by atomic mass is 35.5. The molecule has 0 bridgehead atoms. The van der Waals surface area contributed by atoms with Crippen molar-refractivity contribution in [3.05, 3.63) is 47.0 Å². The molecule has 0 spiro atoms. The van der Waals surface area contributed by atoms with E-state index in [1.54, 1.807) is 0 Å². The monoisotopic (exact) mass is 223 g/mol. The molecular formula is C13H18ClN. The molecule has 15 heavy (non-hydrogen) atoms. The molecular weight excluding hydrogens is 206 g/mol. The van der Waals surface area contributed by atoms with E-state index in [0.717, 1.165) is 17.9 Å². The number of halogens is 1. The first-order chi connectivity index (χ1) is 7.20. The summed E-state index contributed by atoms with van der Waals surface area (Å²) >= 11 is 6.10. The molecule has 0 aliphatic heterocycles. The van der Waals surface area contributed by atoms with E-state index in [-0.39, 0.29) is 0 Å². The minimum absolute atomic E-state index is 0.363. The van der Waals surface area contributed by atoms with Gasteiger partial charge in [-0.05, 0) is 44.0 Å². The minimum Gasteiger partial charge on any atom is -0.313 e. The quantitative estimate of drug-likeness (QED) is 0.748. The standard InChI is InChI=1S/C13H18ClN/c1-4-5-9-13(15-3)11-7-6-8-12(14)10(11)2/h4,6-8,13,15H,1,5,9H2,2-3H3. The van der Waals surface area contributed by atoms with Gasteiger partial charge in [-0.15, -0.1) is 6.58 Å². The molecule has 0 radical (unpaired) electrons. The van der Waals surface area contributed by atoms with Crippen LogP contribution in [0.5, 0.6) is 0 Å². The van der Waals surface area contributed by atoms with Crippen molar-refractivity contribution in [1.29, 1.82) is 0 Å². The van der Waals surface area contributed by atoms with Crippen LogP contribution in [0.15, 0.2) is 30.9 Å². The molecule has 1 rings (SSSR count). The van der Waals surface area contributed by atoms with Crippen LogP contribution in [0.1, 0.15) is 30.0 Å². The molecule has 0 heterocycles. The van der Waals surface area contributed by atoms with Crippen LogP contribution in [-0.4, -0.2) is 7.05 Å². The van der Waals surface area contributed by atoms with Crippen LogP contribution < -0.4 is 5.32 Å². The molecule has 1 aromatic rings. The normalized spacial score (nSPS) is 12.5. The lowest BCUT2D eigenvalue weighted by Gasteiger charge is -2.18. The summed E-state index contributed by atoms with van der Waals surface area (Å²) in [5.41, 5.74) is 2.45. The van der Waals surface area contributed by atoms with Crippen molar-refractivity contribution in [2.24, 2.45) is 0 Å². The maximum atomic E-state index is 6.10. The van der Waals surface area contributed by atoms with Crippen molar-refractivity contribution in [2.75, 3.05) is 7.05 Å². The van der Waals surface area contributed by atoms with E-state index in [9.17, 15) is 0 Å². The minimum atomic E-state index is 0.363. The zero-order valence-corrected chi connectivity index (χ0v) is 10.1. The van der Waals surface area contributed by atoms with Gasteiger partial charge >= 0.3 is 0 Å². The Morgan fingerprint density at radius 1 is 1.53 bits per heavy atom. The van der Waals surface area contributed by atoms with E-state index >= 15 is 0 Å². The summed E-state index contributed by atoms with van der Waals surface area (Å²) in [4.78, 5) is 0. The Morgan fingerprint density at radius 2 is 2.27 bits per heavy atom. The van der Waals surface area contributed by atoms with E-state index in [1.807, 2.05) is 25.3 Å². The second-order valence-corrected chi connectivity index (χ2v) is 4.07. The molecule has 0 aliphatic carbocycles. The van der Waals surface area contributed by atoms with Crippen LogP contribution in [0.25, 0.3) is 0 Å². The molecule has 0 aromatic heterocycles. The molecule has 2 heteroatoms. The Bertz CT molecular complexity index is 333. The van der Waals surface area contributed by atoms with E-state index in [4.69, 9.17) is 11.6 Å². The highest BCUT2D eigenvalue weighted by Crippen LogP contribution is 2.26. The summed E-state index contributed by atoms with van der Waals surface area (Å²) in [6.07, 6.45) is 4.02. The highest BCUT2D eigenvalue weighted by Gasteiger charge is 2.11. The van der Waals surface area contributed by atoms with E-state index < -0.39 is 0 Å². The Hall–Kier alpha value is -0.790. The molecule has 0 amide bonds. The van der Waals surface area contributed by atoms with Crippen LogP contribution in [0, 0.1) is 6.92 Å². The third-order valence-corrected chi connectivity index (χ3v) is 3.10. The van der Waals surface area contributed by atoms with Crippen molar-refractivity contribution in [3.63, 3.8) is 0 Å². The molecule has 0 fully saturated rings. The molecule has 1 nitrogen and oxygen atoms in total. The first kappa shape index (κ1) is 12.3. The number of hydrogen-bond acceptors (Lipinski definition) is 1. The fraction of sp³-hybridized carbons (Fsp3) is 0.385. The number of hydrogen-bond donors (Lipinski definition) is 1. The number of allylic oxidation sites excluding steroid dienone is 1. The molecule has 1 unspecified atom stereocenters. The first-order valence-corrected chi connectivity index (χ1v) is 5.61. The molecule has 82 valence electrons. The van der Waals surface area contributed by atoms with Crippen LogP contribution >= 0.6 is 11.6 Å². The first-order valence-electron chi connectivity index (χ1n) is 5.24. The van der Waals surface area contributed by atoms with Gasteiger partial charge in [-0.3, -0.25) is 0 Å². The van der Waals surface area contributed by atoms with Crippen LogP contribution in [0.4, 0.5) is 0 Å². The SMILES string of the molecule is C=CCCC(NC)c1cccc(Cl)c1C. The average molecular weight is 224 g/mol. The average Bonchev–Trinajstić information content (AvgIpc) is 2.25. The van der Waals surface area contributed by atoms with Gasteiger partial charge in [0.15, 0.2) is 0 Å². The Labute approximate surface area is 97.1 Å². The molecule has 1 atom stereocenters. The maximum Gasteiger partial charge on any atom is 0.0438 e. The van der Waals surface area contributed by atoms with Gasteiger partial charge in [0, 0.05) is 11.1 Å². The summed E-state index contributed by atoms with van der Waals surface area (Å²) in [6.45, 7) is 5.81. The number of nitrogens with one attached hydrogen (secondary N) is 1. The zero-order chi connectivity index (χ0) is 11.3. The lowest BCUT2D eigenvalue weighted by atomic mass is 9.97. The molecule has 0 aliphatic rings. The van der Waals surface area contributed by atoms with Crippen molar-refractivity contribution in [2.45, 2.75) is 25.8 Å². The van der Waals surface area contributed by atoms with Gasteiger partial charge in [-0.2, -0.15) is 0 Å². The summed E-state index contributed by atoms with van der Waals surface area (Å²) in [5, 5.41) is 4.15. The summed E-state index contributed by atoms with van der Waals surface area (Å²) in [5.74, 6) is 0. The van der Waals surface area contributed by atoms with Gasteiger partial charge in [0.05, 0.1) is 0 Å². The third-order valence-electron chi connectivity index (χ3n) is 2.69. The van der Waals surface area contributed by atoms with Gasteiger partial charge in [0.2, 0.25) is 0 Å². The van der Waals surface area contributed by atoms with Crippen molar-refractivity contribution >= 4 is 11.6 Å². The second kappa shape index (κ2) is 5.94. The fourth-order valence-corrected chi connectivity index (χ4v) is 1.92. The van der Waals surface area contributed by atoms with E-state index in [0.29, 0.717) is 6.04 Å². The largest absolute Gasteiger partial charge is 0.313 e. The van der Waals surface area contributed by atoms with E-state index in [2.05, 4.69) is 24.9 Å². The van der Waals surface area contributed by atoms with E-state index in [1.165, 1.54) is 11.1 Å². The van der Waals surface area contributed by atoms with Gasteiger partial charge in [-0.1, -0.05) is 29.8 Å². The molecule has 1 N–H and O–H groups in total. The van der Waals surface area contributed by atoms with Crippen LogP contribution in [-0.2, 0) is 0 Å². The van der Waals surface area contributed by atoms with Crippen molar-refractivity contribution in [1.82, 2.24) is 5.32 Å². The summed E-state index contributed by atoms with van der Waals surface area (Å²) < 4.78 is 0. The fourth-order valence-electron chi connectivity index (χ4n) is 1.74. The zero-order valence-electron chi connectivity index (χ0n) is 9.39. The summed E-state index contributed by atoms with van der Waals surface area (Å²) in [7, 11) is 1.98. The molecule has 0 saturated heterocycles. The molecule has 0 saturated carbocycles. The Kier molecular flexibility index (Phi) is 4.86. The van der Waals surface area contributed by atoms with Crippen molar-refractivity contribution in [3.8, 4) is 0 Å². The van der Waals surface area contributed by atoms with Gasteiger partial charge in [0.1, 0.15) is 0 Å². The topological polar surface area (TPSA) is 12.0 Å². The number of rotatable bonds is 5. The van der Waals surface area contributed by atoms with Crippen LogP contribution in [0.2, 0.25) is 5.02 Å². The lowest BCUT2D eigenvalue weighted by molar-refractivity contribution is 0.552. The number of benzene rings is 1. The van der Waals surface area contributed by atoms with Crippen LogP contribution in [0.3, 0.4) is 0 Å². The summed E-state index contributed by atoms with van der Waals surface area (Å²) in [6, 6.07) is 6.43. The maximum absolute atomic E-state index is 6.10.